The lowest BCUT2D eigenvalue weighted by Crippen LogP contribution is -2.02. The molecule has 0 aliphatic heterocycles. The lowest BCUT2D eigenvalue weighted by Gasteiger charge is -2.05. The summed E-state index contributed by atoms with van der Waals surface area (Å²) >= 11 is 0. The number of nitrogens with zero attached hydrogens (tertiary/aromatic N) is 2. The first-order valence-electron chi connectivity index (χ1n) is 5.53. The Labute approximate surface area is 100 Å². The third-order valence-corrected chi connectivity index (χ3v) is 2.36. The summed E-state index contributed by atoms with van der Waals surface area (Å²) in [4.78, 5) is 8.06. The molecule has 0 saturated carbocycles. The van der Waals surface area contributed by atoms with Crippen molar-refractivity contribution in [2.45, 2.75) is 13.3 Å². The summed E-state index contributed by atoms with van der Waals surface area (Å²) in [7, 11) is 0. The van der Waals surface area contributed by atoms with Gasteiger partial charge in [-0.1, -0.05) is 12.1 Å². The minimum absolute atomic E-state index is 0.559. The average Bonchev–Trinajstić information content (AvgIpc) is 2.32. The Kier molecular flexibility index (Phi) is 3.67. The molecular formula is C13H15N3O. The van der Waals surface area contributed by atoms with Gasteiger partial charge in [0.05, 0.1) is 0 Å². The van der Waals surface area contributed by atoms with Crippen LogP contribution >= 0.6 is 0 Å². The number of benzene rings is 1. The summed E-state index contributed by atoms with van der Waals surface area (Å²) in [5.74, 6) is 1.33. The molecule has 0 radical (unpaired) electrons. The van der Waals surface area contributed by atoms with E-state index in [1.165, 1.54) is 11.9 Å². The van der Waals surface area contributed by atoms with Crippen LogP contribution in [-0.2, 0) is 6.42 Å². The third-order valence-electron chi connectivity index (χ3n) is 2.36. The van der Waals surface area contributed by atoms with Crippen molar-refractivity contribution in [3.8, 4) is 11.6 Å². The SMILES string of the molecule is Cc1cc(Oc2ccc(CCN)cc2)ncn1. The summed E-state index contributed by atoms with van der Waals surface area (Å²) in [6, 6.07) is 9.66. The molecule has 0 aliphatic carbocycles. The van der Waals surface area contributed by atoms with Gasteiger partial charge in [0.1, 0.15) is 12.1 Å². The van der Waals surface area contributed by atoms with Crippen LogP contribution in [0.2, 0.25) is 0 Å². The second-order valence-corrected chi connectivity index (χ2v) is 3.78. The van der Waals surface area contributed by atoms with Crippen molar-refractivity contribution in [1.29, 1.82) is 0 Å². The van der Waals surface area contributed by atoms with Gasteiger partial charge in [0.25, 0.3) is 0 Å². The van der Waals surface area contributed by atoms with Gasteiger partial charge in [-0.2, -0.15) is 0 Å². The highest BCUT2D eigenvalue weighted by Crippen LogP contribution is 2.19. The number of ether oxygens (including phenoxy) is 1. The summed E-state index contributed by atoms with van der Waals surface area (Å²) in [5, 5.41) is 0. The van der Waals surface area contributed by atoms with E-state index in [2.05, 4.69) is 9.97 Å². The maximum absolute atomic E-state index is 5.61. The van der Waals surface area contributed by atoms with Crippen LogP contribution in [0.1, 0.15) is 11.3 Å². The van der Waals surface area contributed by atoms with Crippen molar-refractivity contribution in [2.24, 2.45) is 5.73 Å². The van der Waals surface area contributed by atoms with Crippen molar-refractivity contribution in [3.63, 3.8) is 0 Å². The largest absolute Gasteiger partial charge is 0.439 e. The van der Waals surface area contributed by atoms with E-state index in [1.807, 2.05) is 31.2 Å². The zero-order valence-electron chi connectivity index (χ0n) is 9.76. The lowest BCUT2D eigenvalue weighted by molar-refractivity contribution is 0.460. The van der Waals surface area contributed by atoms with Gasteiger partial charge in [-0.25, -0.2) is 9.97 Å². The molecule has 1 aromatic carbocycles. The van der Waals surface area contributed by atoms with E-state index in [0.29, 0.717) is 12.4 Å². The Hall–Kier alpha value is -1.94. The predicted molar refractivity (Wildman–Crippen MR) is 66.0 cm³/mol. The number of nitrogens with two attached hydrogens (primary N) is 1. The van der Waals surface area contributed by atoms with Gasteiger partial charge in [0.2, 0.25) is 5.88 Å². The van der Waals surface area contributed by atoms with Crippen LogP contribution in [0.5, 0.6) is 11.6 Å². The minimum Gasteiger partial charge on any atom is -0.439 e. The van der Waals surface area contributed by atoms with Crippen molar-refractivity contribution in [1.82, 2.24) is 9.97 Å². The Bertz CT molecular complexity index is 482. The van der Waals surface area contributed by atoms with Gasteiger partial charge in [-0.15, -0.1) is 0 Å². The van der Waals surface area contributed by atoms with Gasteiger partial charge in [0.15, 0.2) is 0 Å². The van der Waals surface area contributed by atoms with E-state index in [0.717, 1.165) is 17.9 Å². The Morgan fingerprint density at radius 3 is 2.59 bits per heavy atom. The highest BCUT2D eigenvalue weighted by molar-refractivity contribution is 5.30. The molecule has 0 bridgehead atoms. The molecule has 4 nitrogen and oxygen atoms in total. The van der Waals surface area contributed by atoms with Crippen molar-refractivity contribution in [3.05, 3.63) is 47.9 Å². The maximum Gasteiger partial charge on any atom is 0.222 e. The molecule has 0 spiro atoms. The molecule has 0 aliphatic rings. The van der Waals surface area contributed by atoms with E-state index in [9.17, 15) is 0 Å². The standard InChI is InChI=1S/C13H15N3O/c1-10-8-13(16-9-15-10)17-12-4-2-11(3-5-12)6-7-14/h2-5,8-9H,6-7,14H2,1H3. The smallest absolute Gasteiger partial charge is 0.222 e. The molecule has 1 aromatic heterocycles. The van der Waals surface area contributed by atoms with Gasteiger partial charge < -0.3 is 10.5 Å². The molecule has 0 unspecified atom stereocenters. The Balaban J connectivity index is 2.08. The van der Waals surface area contributed by atoms with Crippen LogP contribution in [-0.4, -0.2) is 16.5 Å². The summed E-state index contributed by atoms with van der Waals surface area (Å²) in [6.07, 6.45) is 2.38. The highest BCUT2D eigenvalue weighted by Gasteiger charge is 1.99. The first-order chi connectivity index (χ1) is 8.28. The number of hydrogen-bond donors (Lipinski definition) is 1. The van der Waals surface area contributed by atoms with Gasteiger partial charge in [0, 0.05) is 11.8 Å². The number of hydrogen-bond acceptors (Lipinski definition) is 4. The van der Waals surface area contributed by atoms with Crippen LogP contribution < -0.4 is 10.5 Å². The Morgan fingerprint density at radius 2 is 1.94 bits per heavy atom. The number of rotatable bonds is 4. The summed E-state index contributed by atoms with van der Waals surface area (Å²) < 4.78 is 5.61. The first kappa shape index (κ1) is 11.5. The molecule has 0 saturated heterocycles. The quantitative estimate of drug-likeness (QED) is 0.872. The van der Waals surface area contributed by atoms with E-state index >= 15 is 0 Å². The molecule has 2 N–H and O–H groups in total. The molecule has 2 rings (SSSR count). The fraction of sp³-hybridized carbons (Fsp3) is 0.231. The van der Waals surface area contributed by atoms with Crippen molar-refractivity contribution < 1.29 is 4.74 Å². The molecule has 1 heterocycles. The van der Waals surface area contributed by atoms with Crippen molar-refractivity contribution in [2.75, 3.05) is 6.54 Å². The minimum atomic E-state index is 0.559. The molecule has 0 fully saturated rings. The van der Waals surface area contributed by atoms with E-state index in [-0.39, 0.29) is 0 Å². The van der Waals surface area contributed by atoms with E-state index in [1.54, 1.807) is 6.07 Å². The first-order valence-corrected chi connectivity index (χ1v) is 5.53. The second kappa shape index (κ2) is 5.41. The highest BCUT2D eigenvalue weighted by atomic mass is 16.5. The lowest BCUT2D eigenvalue weighted by atomic mass is 10.1. The van der Waals surface area contributed by atoms with Crippen LogP contribution in [0.3, 0.4) is 0 Å². The van der Waals surface area contributed by atoms with Crippen molar-refractivity contribution >= 4 is 0 Å². The monoisotopic (exact) mass is 229 g/mol. The number of aryl methyl sites for hydroxylation is 1. The maximum atomic E-state index is 5.61. The molecule has 2 aromatic rings. The summed E-state index contributed by atoms with van der Waals surface area (Å²) in [6.45, 7) is 2.56. The predicted octanol–water partition coefficient (Wildman–Crippen LogP) is 2.08. The fourth-order valence-electron chi connectivity index (χ4n) is 1.50. The van der Waals surface area contributed by atoms with Crippen LogP contribution in [0.4, 0.5) is 0 Å². The topological polar surface area (TPSA) is 61.0 Å². The fourth-order valence-corrected chi connectivity index (χ4v) is 1.50. The second-order valence-electron chi connectivity index (χ2n) is 3.78. The van der Waals surface area contributed by atoms with E-state index in [4.69, 9.17) is 10.5 Å². The summed E-state index contributed by atoms with van der Waals surface area (Å²) in [5.41, 5.74) is 7.58. The normalized spacial score (nSPS) is 10.2. The molecule has 17 heavy (non-hydrogen) atoms. The van der Waals surface area contributed by atoms with E-state index < -0.39 is 0 Å². The van der Waals surface area contributed by atoms with Gasteiger partial charge >= 0.3 is 0 Å². The molecule has 4 heteroatoms. The molecular weight excluding hydrogens is 214 g/mol. The number of aromatic nitrogens is 2. The van der Waals surface area contributed by atoms with Crippen LogP contribution in [0.15, 0.2) is 36.7 Å². The van der Waals surface area contributed by atoms with Gasteiger partial charge in [-0.3, -0.25) is 0 Å². The van der Waals surface area contributed by atoms with Crippen LogP contribution in [0, 0.1) is 6.92 Å². The third kappa shape index (κ3) is 3.26. The van der Waals surface area contributed by atoms with Gasteiger partial charge in [-0.05, 0) is 37.6 Å². The molecule has 0 amide bonds. The zero-order valence-corrected chi connectivity index (χ0v) is 9.76. The molecule has 88 valence electrons. The average molecular weight is 229 g/mol. The zero-order chi connectivity index (χ0) is 12.1. The Morgan fingerprint density at radius 1 is 1.18 bits per heavy atom. The molecule has 0 atom stereocenters. The van der Waals surface area contributed by atoms with Crippen LogP contribution in [0.25, 0.3) is 0 Å².